The minimum Gasteiger partial charge on any atom is -0.354 e. The fourth-order valence-electron chi connectivity index (χ4n) is 1.41. The molecule has 1 aromatic rings. The number of aromatic nitrogens is 1. The Morgan fingerprint density at radius 3 is 2.61 bits per heavy atom. The van der Waals surface area contributed by atoms with Gasteiger partial charge in [-0.05, 0) is 31.4 Å². The summed E-state index contributed by atoms with van der Waals surface area (Å²) in [6.07, 6.45) is 1.83. The molecule has 4 nitrogen and oxygen atoms in total. The average molecular weight is 249 g/mol. The molecule has 0 aromatic carbocycles. The first-order chi connectivity index (χ1) is 8.49. The summed E-state index contributed by atoms with van der Waals surface area (Å²) in [6.45, 7) is 9.35. The fraction of sp³-hybridized carbons (Fsp3) is 0.571. The van der Waals surface area contributed by atoms with Crippen molar-refractivity contribution in [2.45, 2.75) is 40.3 Å². The van der Waals surface area contributed by atoms with Gasteiger partial charge < -0.3 is 10.6 Å². The molecule has 1 unspecified atom stereocenters. The van der Waals surface area contributed by atoms with E-state index in [1.807, 2.05) is 32.2 Å². The highest BCUT2D eigenvalue weighted by molar-refractivity contribution is 5.81. The highest BCUT2D eigenvalue weighted by Gasteiger charge is 2.11. The largest absolute Gasteiger partial charge is 0.354 e. The molecule has 100 valence electrons. The third-order valence-corrected chi connectivity index (χ3v) is 2.64. The molecule has 0 saturated carbocycles. The van der Waals surface area contributed by atoms with Crippen molar-refractivity contribution in [1.82, 2.24) is 15.6 Å². The smallest absolute Gasteiger partial charge is 0.236 e. The Bertz CT molecular complexity index is 373. The molecule has 2 N–H and O–H groups in total. The number of amides is 1. The molecular formula is C14H23N3O. The lowest BCUT2D eigenvalue weighted by molar-refractivity contribution is -0.122. The highest BCUT2D eigenvalue weighted by atomic mass is 16.2. The summed E-state index contributed by atoms with van der Waals surface area (Å²) in [4.78, 5) is 16.0. The van der Waals surface area contributed by atoms with E-state index in [4.69, 9.17) is 0 Å². The number of nitrogens with one attached hydrogen (secondary N) is 2. The number of rotatable bonds is 6. The summed E-state index contributed by atoms with van der Waals surface area (Å²) in [5, 5.41) is 6.07. The van der Waals surface area contributed by atoms with Crippen LogP contribution < -0.4 is 10.6 Å². The Hall–Kier alpha value is -1.42. The van der Waals surface area contributed by atoms with Gasteiger partial charge in [0.1, 0.15) is 0 Å². The number of carbonyl (C=O) groups is 1. The predicted molar refractivity (Wildman–Crippen MR) is 73.1 cm³/mol. The zero-order valence-electron chi connectivity index (χ0n) is 11.7. The zero-order valence-corrected chi connectivity index (χ0v) is 11.7. The van der Waals surface area contributed by atoms with Crippen LogP contribution in [-0.2, 0) is 11.3 Å². The van der Waals surface area contributed by atoms with Crippen molar-refractivity contribution in [3.8, 4) is 0 Å². The molecule has 0 fully saturated rings. The Morgan fingerprint density at radius 1 is 1.33 bits per heavy atom. The molecule has 0 aliphatic heterocycles. The van der Waals surface area contributed by atoms with Crippen LogP contribution in [-0.4, -0.2) is 23.5 Å². The van der Waals surface area contributed by atoms with Crippen molar-refractivity contribution in [2.24, 2.45) is 5.92 Å². The van der Waals surface area contributed by atoms with Crippen molar-refractivity contribution >= 4 is 5.91 Å². The third-order valence-electron chi connectivity index (χ3n) is 2.64. The molecule has 4 heteroatoms. The van der Waals surface area contributed by atoms with E-state index in [-0.39, 0.29) is 11.9 Å². The van der Waals surface area contributed by atoms with E-state index in [0.717, 1.165) is 11.3 Å². The summed E-state index contributed by atoms with van der Waals surface area (Å²) < 4.78 is 0. The van der Waals surface area contributed by atoms with Crippen molar-refractivity contribution < 1.29 is 4.79 Å². The van der Waals surface area contributed by atoms with Gasteiger partial charge in [0.25, 0.3) is 0 Å². The maximum Gasteiger partial charge on any atom is 0.236 e. The van der Waals surface area contributed by atoms with Gasteiger partial charge in [-0.1, -0.05) is 19.9 Å². The molecule has 0 aliphatic carbocycles. The standard InChI is InChI=1S/C14H23N3O/c1-10(2)7-17-14(18)12(4)15-9-13-6-5-11(3)8-16-13/h5-6,8,10,12,15H,7,9H2,1-4H3,(H,17,18). The minimum atomic E-state index is -0.202. The highest BCUT2D eigenvalue weighted by Crippen LogP contribution is 1.98. The molecule has 18 heavy (non-hydrogen) atoms. The van der Waals surface area contributed by atoms with E-state index >= 15 is 0 Å². The van der Waals surface area contributed by atoms with Crippen molar-refractivity contribution in [3.05, 3.63) is 29.6 Å². The first-order valence-corrected chi connectivity index (χ1v) is 6.41. The Balaban J connectivity index is 2.34. The monoisotopic (exact) mass is 249 g/mol. The molecule has 0 radical (unpaired) electrons. The van der Waals surface area contributed by atoms with Crippen LogP contribution in [0, 0.1) is 12.8 Å². The molecule has 1 rings (SSSR count). The lowest BCUT2D eigenvalue weighted by Gasteiger charge is -2.15. The van der Waals surface area contributed by atoms with Gasteiger partial charge in [0.15, 0.2) is 0 Å². The van der Waals surface area contributed by atoms with Crippen LogP contribution in [0.1, 0.15) is 32.0 Å². The summed E-state index contributed by atoms with van der Waals surface area (Å²) in [5.74, 6) is 0.510. The number of hydrogen-bond acceptors (Lipinski definition) is 3. The molecule has 0 spiro atoms. The van der Waals surface area contributed by atoms with Gasteiger partial charge in [0.05, 0.1) is 11.7 Å². The van der Waals surface area contributed by atoms with Crippen molar-refractivity contribution in [2.75, 3.05) is 6.54 Å². The van der Waals surface area contributed by atoms with Gasteiger partial charge in [-0.2, -0.15) is 0 Å². The first-order valence-electron chi connectivity index (χ1n) is 6.41. The molecule has 1 amide bonds. The summed E-state index contributed by atoms with van der Waals surface area (Å²) in [7, 11) is 0. The van der Waals surface area contributed by atoms with E-state index in [1.54, 1.807) is 0 Å². The van der Waals surface area contributed by atoms with Crippen LogP contribution in [0.5, 0.6) is 0 Å². The van der Waals surface area contributed by atoms with Crippen LogP contribution in [0.4, 0.5) is 0 Å². The molecular weight excluding hydrogens is 226 g/mol. The third kappa shape index (κ3) is 5.27. The van der Waals surface area contributed by atoms with Crippen molar-refractivity contribution in [1.29, 1.82) is 0 Å². The lowest BCUT2D eigenvalue weighted by atomic mass is 10.2. The van der Waals surface area contributed by atoms with Gasteiger partial charge in [-0.15, -0.1) is 0 Å². The molecule has 0 aliphatic rings. The minimum absolute atomic E-state index is 0.0378. The SMILES string of the molecule is Cc1ccc(CNC(C)C(=O)NCC(C)C)nc1. The average Bonchev–Trinajstić information content (AvgIpc) is 2.34. The van der Waals surface area contributed by atoms with Crippen LogP contribution in [0.2, 0.25) is 0 Å². The Kier molecular flexibility index (Phi) is 5.78. The number of hydrogen-bond donors (Lipinski definition) is 2. The van der Waals surface area contributed by atoms with Gasteiger partial charge >= 0.3 is 0 Å². The van der Waals surface area contributed by atoms with E-state index in [2.05, 4.69) is 29.5 Å². The van der Waals surface area contributed by atoms with Crippen LogP contribution in [0.3, 0.4) is 0 Å². The molecule has 1 aromatic heterocycles. The second-order valence-corrected chi connectivity index (χ2v) is 5.07. The normalized spacial score (nSPS) is 12.5. The second-order valence-electron chi connectivity index (χ2n) is 5.07. The quantitative estimate of drug-likeness (QED) is 0.806. The molecule has 1 atom stereocenters. The summed E-state index contributed by atoms with van der Waals surface area (Å²) >= 11 is 0. The number of carbonyl (C=O) groups excluding carboxylic acids is 1. The molecule has 1 heterocycles. The topological polar surface area (TPSA) is 54.0 Å². The Morgan fingerprint density at radius 2 is 2.06 bits per heavy atom. The lowest BCUT2D eigenvalue weighted by Crippen LogP contribution is -2.43. The zero-order chi connectivity index (χ0) is 13.5. The van der Waals surface area contributed by atoms with Crippen LogP contribution in [0.15, 0.2) is 18.3 Å². The fourth-order valence-corrected chi connectivity index (χ4v) is 1.41. The number of pyridine rings is 1. The van der Waals surface area contributed by atoms with E-state index in [0.29, 0.717) is 19.0 Å². The Labute approximate surface area is 109 Å². The number of nitrogens with zero attached hydrogens (tertiary/aromatic N) is 1. The van der Waals surface area contributed by atoms with Gasteiger partial charge in [-0.3, -0.25) is 9.78 Å². The maximum absolute atomic E-state index is 11.7. The van der Waals surface area contributed by atoms with E-state index < -0.39 is 0 Å². The van der Waals surface area contributed by atoms with E-state index in [9.17, 15) is 4.79 Å². The van der Waals surface area contributed by atoms with Gasteiger partial charge in [0.2, 0.25) is 5.91 Å². The predicted octanol–water partition coefficient (Wildman–Crippen LogP) is 1.64. The van der Waals surface area contributed by atoms with Crippen LogP contribution in [0.25, 0.3) is 0 Å². The number of aryl methyl sites for hydroxylation is 1. The van der Waals surface area contributed by atoms with Crippen LogP contribution >= 0.6 is 0 Å². The second kappa shape index (κ2) is 7.11. The molecule has 0 saturated heterocycles. The van der Waals surface area contributed by atoms with Gasteiger partial charge in [0, 0.05) is 19.3 Å². The van der Waals surface area contributed by atoms with Gasteiger partial charge in [-0.25, -0.2) is 0 Å². The summed E-state index contributed by atoms with van der Waals surface area (Å²) in [5.41, 5.74) is 2.09. The van der Waals surface area contributed by atoms with Crippen molar-refractivity contribution in [3.63, 3.8) is 0 Å². The maximum atomic E-state index is 11.7. The first kappa shape index (κ1) is 14.6. The molecule has 0 bridgehead atoms. The van der Waals surface area contributed by atoms with E-state index in [1.165, 1.54) is 0 Å². The summed E-state index contributed by atoms with van der Waals surface area (Å²) in [6, 6.07) is 3.79.